The van der Waals surface area contributed by atoms with E-state index >= 15 is 0 Å². The van der Waals surface area contributed by atoms with Gasteiger partial charge in [0.25, 0.3) is 0 Å². The molecule has 1 aromatic heterocycles. The minimum atomic E-state index is -0.0694. The second kappa shape index (κ2) is 6.38. The summed E-state index contributed by atoms with van der Waals surface area (Å²) < 4.78 is 3.17. The molecule has 5 heteroatoms. The first-order valence-corrected chi connectivity index (χ1v) is 8.22. The van der Waals surface area contributed by atoms with Gasteiger partial charge in [0.1, 0.15) is 6.33 Å². The number of benzene rings is 1. The second-order valence-electron chi connectivity index (χ2n) is 6.05. The molecule has 2 aromatic rings. The van der Waals surface area contributed by atoms with Crippen LogP contribution in [0.2, 0.25) is 0 Å². The first-order chi connectivity index (χ1) is 10.7. The van der Waals surface area contributed by atoms with Crippen LogP contribution in [-0.4, -0.2) is 27.4 Å². The van der Waals surface area contributed by atoms with Gasteiger partial charge in [0.05, 0.1) is 11.7 Å². The molecule has 22 heavy (non-hydrogen) atoms. The van der Waals surface area contributed by atoms with Gasteiger partial charge >= 0.3 is 5.69 Å². The van der Waals surface area contributed by atoms with Gasteiger partial charge in [0, 0.05) is 18.8 Å². The zero-order chi connectivity index (χ0) is 15.5. The Morgan fingerprint density at radius 2 is 1.73 bits per heavy atom. The van der Waals surface area contributed by atoms with Crippen molar-refractivity contribution in [3.63, 3.8) is 0 Å². The lowest BCUT2D eigenvalue weighted by Gasteiger charge is -2.28. The van der Waals surface area contributed by atoms with Gasteiger partial charge in [-0.1, -0.05) is 6.92 Å². The lowest BCUT2D eigenvalue weighted by atomic mass is 10.1. The summed E-state index contributed by atoms with van der Waals surface area (Å²) in [4.78, 5) is 14.8. The number of hydrogen-bond donors (Lipinski definition) is 0. The zero-order valence-electron chi connectivity index (χ0n) is 13.4. The summed E-state index contributed by atoms with van der Waals surface area (Å²) in [6, 6.07) is 8.35. The van der Waals surface area contributed by atoms with E-state index in [2.05, 4.69) is 29.1 Å². The van der Waals surface area contributed by atoms with E-state index in [4.69, 9.17) is 0 Å². The highest BCUT2D eigenvalue weighted by Crippen LogP contribution is 2.21. The monoisotopic (exact) mass is 300 g/mol. The molecular weight excluding hydrogens is 276 g/mol. The van der Waals surface area contributed by atoms with Gasteiger partial charge in [-0.2, -0.15) is 5.10 Å². The Kier molecular flexibility index (Phi) is 4.32. The van der Waals surface area contributed by atoms with Gasteiger partial charge in [-0.05, 0) is 56.9 Å². The molecule has 5 nitrogen and oxygen atoms in total. The molecule has 1 atom stereocenters. The van der Waals surface area contributed by atoms with Crippen molar-refractivity contribution in [3.8, 4) is 5.69 Å². The fourth-order valence-corrected chi connectivity index (χ4v) is 2.94. The van der Waals surface area contributed by atoms with Gasteiger partial charge in [-0.25, -0.2) is 14.0 Å². The topological polar surface area (TPSA) is 43.1 Å². The molecule has 1 unspecified atom stereocenters. The van der Waals surface area contributed by atoms with Crippen LogP contribution in [0.15, 0.2) is 35.4 Å². The van der Waals surface area contributed by atoms with Crippen molar-refractivity contribution in [3.05, 3.63) is 41.1 Å². The predicted octanol–water partition coefficient (Wildman–Crippen LogP) is 3.00. The highest BCUT2D eigenvalue weighted by molar-refractivity contribution is 5.51. The third-order valence-corrected chi connectivity index (χ3v) is 4.55. The third-order valence-electron chi connectivity index (χ3n) is 4.55. The molecule has 1 fully saturated rings. The molecule has 0 spiro atoms. The number of rotatable bonds is 4. The van der Waals surface area contributed by atoms with Crippen molar-refractivity contribution >= 4 is 5.69 Å². The average molecular weight is 300 g/mol. The van der Waals surface area contributed by atoms with Crippen molar-refractivity contribution in [1.82, 2.24) is 14.3 Å². The smallest absolute Gasteiger partial charge is 0.350 e. The molecule has 3 rings (SSSR count). The lowest BCUT2D eigenvalue weighted by Crippen LogP contribution is -2.29. The number of aromatic nitrogens is 3. The molecule has 0 amide bonds. The van der Waals surface area contributed by atoms with Gasteiger partial charge in [-0.15, -0.1) is 0 Å². The van der Waals surface area contributed by atoms with Crippen LogP contribution in [0.3, 0.4) is 0 Å². The van der Waals surface area contributed by atoms with Crippen molar-refractivity contribution in [1.29, 1.82) is 0 Å². The molecule has 1 aliphatic rings. The van der Waals surface area contributed by atoms with Gasteiger partial charge < -0.3 is 4.90 Å². The Morgan fingerprint density at radius 1 is 1.09 bits per heavy atom. The minimum Gasteiger partial charge on any atom is -0.372 e. The van der Waals surface area contributed by atoms with Crippen LogP contribution in [0.25, 0.3) is 5.69 Å². The van der Waals surface area contributed by atoms with E-state index in [0.29, 0.717) is 0 Å². The molecule has 0 radical (unpaired) electrons. The maximum Gasteiger partial charge on any atom is 0.350 e. The molecule has 2 heterocycles. The third kappa shape index (κ3) is 2.80. The fourth-order valence-electron chi connectivity index (χ4n) is 2.94. The summed E-state index contributed by atoms with van der Waals surface area (Å²) in [6.07, 6.45) is 6.37. The summed E-state index contributed by atoms with van der Waals surface area (Å²) in [6.45, 7) is 6.33. The van der Waals surface area contributed by atoms with Crippen LogP contribution in [-0.2, 0) is 0 Å². The van der Waals surface area contributed by atoms with Gasteiger partial charge in [0.15, 0.2) is 0 Å². The summed E-state index contributed by atoms with van der Waals surface area (Å²) in [5.74, 6) is 0. The lowest BCUT2D eigenvalue weighted by molar-refractivity contribution is 0.460. The molecular formula is C17H24N4O. The van der Waals surface area contributed by atoms with Crippen LogP contribution in [0.4, 0.5) is 5.69 Å². The van der Waals surface area contributed by atoms with E-state index < -0.39 is 0 Å². The first kappa shape index (κ1) is 14.9. The Morgan fingerprint density at radius 3 is 2.36 bits per heavy atom. The molecule has 0 aliphatic carbocycles. The summed E-state index contributed by atoms with van der Waals surface area (Å²) >= 11 is 0. The van der Waals surface area contributed by atoms with E-state index in [0.717, 1.165) is 25.2 Å². The van der Waals surface area contributed by atoms with E-state index in [-0.39, 0.29) is 11.7 Å². The SMILES string of the molecule is CCC(C)n1ncn(-c2ccc(N3CCCCC3)cc2)c1=O. The van der Waals surface area contributed by atoms with Crippen LogP contribution in [0.5, 0.6) is 0 Å². The van der Waals surface area contributed by atoms with Crippen molar-refractivity contribution < 1.29 is 0 Å². The van der Waals surface area contributed by atoms with E-state index in [1.165, 1.54) is 24.9 Å². The molecule has 118 valence electrons. The number of anilines is 1. The Balaban J connectivity index is 1.84. The van der Waals surface area contributed by atoms with E-state index in [1.807, 2.05) is 19.1 Å². The molecule has 1 aliphatic heterocycles. The molecule has 1 aromatic carbocycles. The predicted molar refractivity (Wildman–Crippen MR) is 88.9 cm³/mol. The maximum absolute atomic E-state index is 12.4. The molecule has 1 saturated heterocycles. The first-order valence-electron chi connectivity index (χ1n) is 8.22. The highest BCUT2D eigenvalue weighted by Gasteiger charge is 2.13. The second-order valence-corrected chi connectivity index (χ2v) is 6.05. The quantitative estimate of drug-likeness (QED) is 0.872. The fraction of sp³-hybridized carbons (Fsp3) is 0.529. The Labute approximate surface area is 131 Å². The summed E-state index contributed by atoms with van der Waals surface area (Å²) in [5, 5.41) is 4.23. The standard InChI is InChI=1S/C17H24N4O/c1-3-14(2)21-17(22)20(13-18-21)16-9-7-15(8-10-16)19-11-5-4-6-12-19/h7-10,13-14H,3-6,11-12H2,1-2H3. The summed E-state index contributed by atoms with van der Waals surface area (Å²) in [5.41, 5.74) is 2.05. The van der Waals surface area contributed by atoms with Crippen molar-refractivity contribution in [2.45, 2.75) is 45.6 Å². The molecule has 0 N–H and O–H groups in total. The largest absolute Gasteiger partial charge is 0.372 e. The van der Waals surface area contributed by atoms with Crippen molar-refractivity contribution in [2.24, 2.45) is 0 Å². The number of nitrogens with zero attached hydrogens (tertiary/aromatic N) is 4. The van der Waals surface area contributed by atoms with Gasteiger partial charge in [-0.3, -0.25) is 0 Å². The van der Waals surface area contributed by atoms with Crippen molar-refractivity contribution in [2.75, 3.05) is 18.0 Å². The maximum atomic E-state index is 12.4. The molecule has 0 bridgehead atoms. The minimum absolute atomic E-state index is 0.0694. The highest BCUT2D eigenvalue weighted by atomic mass is 16.2. The Bertz CT molecular complexity index is 665. The van der Waals surface area contributed by atoms with Crippen LogP contribution < -0.4 is 10.6 Å². The number of hydrogen-bond acceptors (Lipinski definition) is 3. The Hall–Kier alpha value is -2.04. The van der Waals surface area contributed by atoms with Crippen LogP contribution >= 0.6 is 0 Å². The zero-order valence-corrected chi connectivity index (χ0v) is 13.4. The van der Waals surface area contributed by atoms with E-state index in [9.17, 15) is 4.79 Å². The summed E-state index contributed by atoms with van der Waals surface area (Å²) in [7, 11) is 0. The van der Waals surface area contributed by atoms with Crippen LogP contribution in [0.1, 0.15) is 45.6 Å². The molecule has 0 saturated carbocycles. The van der Waals surface area contributed by atoms with Gasteiger partial charge in [0.2, 0.25) is 0 Å². The normalized spacial score (nSPS) is 16.7. The average Bonchev–Trinajstić information content (AvgIpc) is 2.97. The van der Waals surface area contributed by atoms with E-state index in [1.54, 1.807) is 15.6 Å². The van der Waals surface area contributed by atoms with Crippen LogP contribution in [0, 0.1) is 0 Å². The number of piperidine rings is 1.